The van der Waals surface area contributed by atoms with Crippen molar-refractivity contribution in [2.75, 3.05) is 17.9 Å². The van der Waals surface area contributed by atoms with Gasteiger partial charge in [-0.1, -0.05) is 0 Å². The van der Waals surface area contributed by atoms with Gasteiger partial charge >= 0.3 is 0 Å². The number of hydrogen-bond acceptors (Lipinski definition) is 4. The van der Waals surface area contributed by atoms with Gasteiger partial charge in [0, 0.05) is 22.7 Å². The molecule has 0 spiro atoms. The monoisotopic (exact) mass is 405 g/mol. The highest BCUT2D eigenvalue weighted by Crippen LogP contribution is 2.38. The van der Waals surface area contributed by atoms with Crippen LogP contribution in [0.4, 0.5) is 14.5 Å². The summed E-state index contributed by atoms with van der Waals surface area (Å²) in [5.74, 6) is -1.11. The Hall–Kier alpha value is -1.87. The van der Waals surface area contributed by atoms with Crippen LogP contribution in [0.2, 0.25) is 0 Å². The number of fused-ring (bicyclic) bond motifs is 1. The summed E-state index contributed by atoms with van der Waals surface area (Å²) in [7, 11) is -4.16. The first-order valence-electron chi connectivity index (χ1n) is 6.43. The second-order valence-electron chi connectivity index (χ2n) is 4.69. The maximum atomic E-state index is 13.2. The number of hydrogen-bond donors (Lipinski definition) is 1. The molecule has 1 aliphatic rings. The lowest BCUT2D eigenvalue weighted by atomic mass is 10.2. The smallest absolute Gasteiger partial charge is 0.262 e. The second-order valence-corrected chi connectivity index (χ2v) is 7.22. The van der Waals surface area contributed by atoms with Gasteiger partial charge in [-0.15, -0.1) is 0 Å². The van der Waals surface area contributed by atoms with Crippen molar-refractivity contribution >= 4 is 31.6 Å². The molecule has 2 aromatic carbocycles. The van der Waals surface area contributed by atoms with Crippen LogP contribution >= 0.6 is 15.9 Å². The van der Waals surface area contributed by atoms with Crippen LogP contribution < -0.4 is 14.2 Å². The first-order valence-corrected chi connectivity index (χ1v) is 8.71. The third-order valence-electron chi connectivity index (χ3n) is 3.02. The van der Waals surface area contributed by atoms with E-state index in [0.717, 1.165) is 12.1 Å². The van der Waals surface area contributed by atoms with Crippen LogP contribution in [0.15, 0.2) is 39.7 Å². The van der Waals surface area contributed by atoms with Crippen LogP contribution in [-0.2, 0) is 10.0 Å². The van der Waals surface area contributed by atoms with E-state index in [0.29, 0.717) is 35.3 Å². The number of anilines is 1. The van der Waals surface area contributed by atoms with Crippen LogP contribution in [0.5, 0.6) is 11.5 Å². The highest BCUT2D eigenvalue weighted by Gasteiger charge is 2.21. The molecule has 0 amide bonds. The zero-order chi connectivity index (χ0) is 16.6. The summed E-state index contributed by atoms with van der Waals surface area (Å²) in [6, 6.07) is 5.05. The highest BCUT2D eigenvalue weighted by molar-refractivity contribution is 9.10. The van der Waals surface area contributed by atoms with E-state index >= 15 is 0 Å². The quantitative estimate of drug-likeness (QED) is 0.850. The molecule has 0 atom stereocenters. The van der Waals surface area contributed by atoms with E-state index in [9.17, 15) is 17.2 Å². The van der Waals surface area contributed by atoms with Gasteiger partial charge < -0.3 is 9.47 Å². The van der Waals surface area contributed by atoms with Gasteiger partial charge in [-0.3, -0.25) is 4.72 Å². The number of halogens is 3. The van der Waals surface area contributed by atoms with Gasteiger partial charge in [-0.25, -0.2) is 17.2 Å². The summed E-state index contributed by atoms with van der Waals surface area (Å²) in [6.45, 7) is 0.739. The average molecular weight is 406 g/mol. The SMILES string of the molecule is O=S(=O)(Nc1cc2c(cc1Br)OCCO2)c1cc(F)cc(F)c1. The Morgan fingerprint density at radius 1 is 0.957 bits per heavy atom. The maximum absolute atomic E-state index is 13.2. The van der Waals surface area contributed by atoms with Gasteiger partial charge in [0.1, 0.15) is 24.8 Å². The van der Waals surface area contributed by atoms with Gasteiger partial charge in [0.25, 0.3) is 10.0 Å². The molecule has 0 aromatic heterocycles. The van der Waals surface area contributed by atoms with E-state index in [1.807, 2.05) is 0 Å². The standard InChI is InChI=1S/C14H10BrF2NO4S/c15-11-6-13-14(22-2-1-21-13)7-12(11)18-23(19,20)10-4-8(16)3-9(17)5-10/h3-7,18H,1-2H2. The predicted molar refractivity (Wildman–Crippen MR) is 82.3 cm³/mol. The summed E-state index contributed by atoms with van der Waals surface area (Å²) in [6.07, 6.45) is 0. The van der Waals surface area contributed by atoms with Crippen molar-refractivity contribution in [1.29, 1.82) is 0 Å². The Morgan fingerprint density at radius 2 is 1.52 bits per heavy atom. The van der Waals surface area contributed by atoms with E-state index in [-0.39, 0.29) is 5.69 Å². The first kappa shape index (κ1) is 16.0. The fourth-order valence-corrected chi connectivity index (χ4v) is 3.69. The van der Waals surface area contributed by atoms with Crippen molar-refractivity contribution in [2.24, 2.45) is 0 Å². The molecule has 5 nitrogen and oxygen atoms in total. The molecule has 1 N–H and O–H groups in total. The Morgan fingerprint density at radius 3 is 2.13 bits per heavy atom. The molecule has 0 unspecified atom stereocenters. The molecule has 0 saturated heterocycles. The fourth-order valence-electron chi connectivity index (χ4n) is 2.03. The first-order chi connectivity index (χ1) is 10.8. The molecule has 1 heterocycles. The number of nitrogens with one attached hydrogen (secondary N) is 1. The van der Waals surface area contributed by atoms with Crippen molar-refractivity contribution < 1.29 is 26.7 Å². The fraction of sp³-hybridized carbons (Fsp3) is 0.143. The van der Waals surface area contributed by atoms with Crippen LogP contribution in [-0.4, -0.2) is 21.6 Å². The molecule has 9 heteroatoms. The highest BCUT2D eigenvalue weighted by atomic mass is 79.9. The number of sulfonamides is 1. The minimum Gasteiger partial charge on any atom is -0.486 e. The summed E-state index contributed by atoms with van der Waals surface area (Å²) >= 11 is 3.22. The minimum absolute atomic E-state index is 0.166. The van der Waals surface area contributed by atoms with Crippen LogP contribution in [0, 0.1) is 11.6 Å². The van der Waals surface area contributed by atoms with Gasteiger partial charge in [0.2, 0.25) is 0 Å². The molecular weight excluding hydrogens is 396 g/mol. The Kier molecular flexibility index (Phi) is 4.15. The third kappa shape index (κ3) is 3.40. The Bertz CT molecular complexity index is 853. The predicted octanol–water partition coefficient (Wildman–Crippen LogP) is 3.30. The molecule has 122 valence electrons. The molecule has 0 saturated carbocycles. The van der Waals surface area contributed by atoms with Crippen LogP contribution in [0.3, 0.4) is 0 Å². The number of ether oxygens (including phenoxy) is 2. The summed E-state index contributed by atoms with van der Waals surface area (Å²) in [4.78, 5) is -0.517. The number of benzene rings is 2. The number of rotatable bonds is 3. The molecule has 0 bridgehead atoms. The Labute approximate surface area is 139 Å². The lowest BCUT2D eigenvalue weighted by Crippen LogP contribution is -2.17. The molecule has 1 aliphatic heterocycles. The topological polar surface area (TPSA) is 64.6 Å². The van der Waals surface area contributed by atoms with Crippen LogP contribution in [0.1, 0.15) is 0 Å². The van der Waals surface area contributed by atoms with E-state index in [1.54, 1.807) is 6.07 Å². The van der Waals surface area contributed by atoms with Gasteiger partial charge in [0.15, 0.2) is 11.5 Å². The van der Waals surface area contributed by atoms with Crippen molar-refractivity contribution in [3.63, 3.8) is 0 Å². The molecule has 0 fully saturated rings. The van der Waals surface area contributed by atoms with Crippen molar-refractivity contribution in [2.45, 2.75) is 4.90 Å². The zero-order valence-corrected chi connectivity index (χ0v) is 13.9. The molecular formula is C14H10BrF2NO4S. The van der Waals surface area contributed by atoms with Crippen molar-refractivity contribution in [1.82, 2.24) is 0 Å². The maximum Gasteiger partial charge on any atom is 0.262 e. The zero-order valence-electron chi connectivity index (χ0n) is 11.5. The molecule has 2 aromatic rings. The largest absolute Gasteiger partial charge is 0.486 e. The molecule has 23 heavy (non-hydrogen) atoms. The molecule has 0 aliphatic carbocycles. The van der Waals surface area contributed by atoms with Gasteiger partial charge in [-0.2, -0.15) is 0 Å². The summed E-state index contributed by atoms with van der Waals surface area (Å²) in [5.41, 5.74) is 0.166. The summed E-state index contributed by atoms with van der Waals surface area (Å²) in [5, 5.41) is 0. The van der Waals surface area contributed by atoms with Gasteiger partial charge in [0.05, 0.1) is 10.6 Å². The van der Waals surface area contributed by atoms with Gasteiger partial charge in [-0.05, 0) is 28.1 Å². The second kappa shape index (κ2) is 5.97. The van der Waals surface area contributed by atoms with Crippen molar-refractivity contribution in [3.05, 3.63) is 46.4 Å². The normalized spacial score (nSPS) is 13.7. The lowest BCUT2D eigenvalue weighted by Gasteiger charge is -2.20. The minimum atomic E-state index is -4.16. The third-order valence-corrected chi connectivity index (χ3v) is 5.02. The summed E-state index contributed by atoms with van der Waals surface area (Å²) < 4.78 is 64.4. The molecule has 3 rings (SSSR count). The Balaban J connectivity index is 1.97. The van der Waals surface area contributed by atoms with Crippen molar-refractivity contribution in [3.8, 4) is 11.5 Å². The lowest BCUT2D eigenvalue weighted by molar-refractivity contribution is 0.171. The van der Waals surface area contributed by atoms with Crippen LogP contribution in [0.25, 0.3) is 0 Å². The van der Waals surface area contributed by atoms with E-state index in [2.05, 4.69) is 20.7 Å². The van der Waals surface area contributed by atoms with E-state index < -0.39 is 26.6 Å². The molecule has 0 radical (unpaired) electrons. The average Bonchev–Trinajstić information content (AvgIpc) is 2.47. The van der Waals surface area contributed by atoms with E-state index in [1.165, 1.54) is 6.07 Å². The van der Waals surface area contributed by atoms with E-state index in [4.69, 9.17) is 9.47 Å².